The number of aliphatic hydroxyl groups excluding tert-OH is 1. The van der Waals surface area contributed by atoms with Crippen LogP contribution in [0.3, 0.4) is 0 Å². The number of benzene rings is 1. The fraction of sp³-hybridized carbons (Fsp3) is 0.438. The molecule has 118 valence electrons. The van der Waals surface area contributed by atoms with Crippen molar-refractivity contribution >= 4 is 11.9 Å². The number of carboxylic acids is 1. The Morgan fingerprint density at radius 1 is 1.36 bits per heavy atom. The van der Waals surface area contributed by atoms with Crippen LogP contribution >= 0.6 is 0 Å². The quantitative estimate of drug-likeness (QED) is 0.698. The van der Waals surface area contributed by atoms with Crippen molar-refractivity contribution in [1.29, 1.82) is 5.26 Å². The van der Waals surface area contributed by atoms with E-state index in [1.807, 2.05) is 19.9 Å². The molecule has 0 aromatic heterocycles. The molecule has 6 heteroatoms. The number of carbonyl (C=O) groups excluding carboxylic acids is 1. The maximum absolute atomic E-state index is 11.8. The van der Waals surface area contributed by atoms with E-state index in [2.05, 4.69) is 5.32 Å². The van der Waals surface area contributed by atoms with Crippen molar-refractivity contribution in [3.8, 4) is 6.07 Å². The van der Waals surface area contributed by atoms with Gasteiger partial charge < -0.3 is 15.5 Å². The largest absolute Gasteiger partial charge is 0.480 e. The molecule has 0 aliphatic heterocycles. The highest BCUT2D eigenvalue weighted by molar-refractivity contribution is 5.86. The molecule has 3 N–H and O–H groups in total. The first-order chi connectivity index (χ1) is 10.3. The molecule has 1 rings (SSSR count). The third-order valence-electron chi connectivity index (χ3n) is 3.11. The van der Waals surface area contributed by atoms with Gasteiger partial charge in [-0.1, -0.05) is 26.0 Å². The number of aliphatic carboxylic acids is 1. The third kappa shape index (κ3) is 5.54. The third-order valence-corrected chi connectivity index (χ3v) is 3.11. The van der Waals surface area contributed by atoms with Gasteiger partial charge in [-0.05, 0) is 30.0 Å². The maximum atomic E-state index is 11.8. The predicted molar refractivity (Wildman–Crippen MR) is 79.9 cm³/mol. The number of amides is 1. The number of rotatable bonds is 7. The molecule has 1 aromatic carbocycles. The molecule has 0 saturated heterocycles. The van der Waals surface area contributed by atoms with Gasteiger partial charge in [0.05, 0.1) is 11.6 Å². The van der Waals surface area contributed by atoms with Crippen LogP contribution in [-0.4, -0.2) is 34.2 Å². The number of carboxylic acid groups (broad SMARTS) is 1. The fourth-order valence-electron chi connectivity index (χ4n) is 2.03. The second kappa shape index (κ2) is 8.15. The van der Waals surface area contributed by atoms with E-state index in [1.165, 1.54) is 0 Å². The van der Waals surface area contributed by atoms with E-state index in [1.54, 1.807) is 24.3 Å². The molecule has 0 saturated carbocycles. The molecular formula is C16H20N2O4. The van der Waals surface area contributed by atoms with E-state index >= 15 is 0 Å². The van der Waals surface area contributed by atoms with Gasteiger partial charge in [-0.2, -0.15) is 5.26 Å². The highest BCUT2D eigenvalue weighted by Gasteiger charge is 2.24. The zero-order valence-electron chi connectivity index (χ0n) is 12.6. The summed E-state index contributed by atoms with van der Waals surface area (Å²) in [6.45, 7) is 3.72. The molecule has 0 fully saturated rings. The molecular weight excluding hydrogens is 284 g/mol. The van der Waals surface area contributed by atoms with Crippen LogP contribution in [0.1, 0.15) is 31.4 Å². The second-order valence-electron chi connectivity index (χ2n) is 5.56. The summed E-state index contributed by atoms with van der Waals surface area (Å²) < 4.78 is 0. The summed E-state index contributed by atoms with van der Waals surface area (Å²) in [5, 5.41) is 30.1. The van der Waals surface area contributed by atoms with Crippen molar-refractivity contribution in [3.05, 3.63) is 35.4 Å². The van der Waals surface area contributed by atoms with Gasteiger partial charge in [0.1, 0.15) is 12.1 Å². The smallest absolute Gasteiger partial charge is 0.326 e. The Hall–Kier alpha value is -2.39. The number of nitriles is 1. The number of nitrogens with zero attached hydrogens (tertiary/aromatic N) is 1. The zero-order chi connectivity index (χ0) is 16.7. The van der Waals surface area contributed by atoms with Crippen LogP contribution in [0.15, 0.2) is 24.3 Å². The second-order valence-corrected chi connectivity index (χ2v) is 5.56. The van der Waals surface area contributed by atoms with Crippen LogP contribution in [0.25, 0.3) is 0 Å². The highest BCUT2D eigenvalue weighted by atomic mass is 16.4. The summed E-state index contributed by atoms with van der Waals surface area (Å²) in [7, 11) is 0. The molecule has 1 amide bonds. The topological polar surface area (TPSA) is 110 Å². The molecule has 0 bridgehead atoms. The Kier molecular flexibility index (Phi) is 6.54. The van der Waals surface area contributed by atoms with Crippen molar-refractivity contribution in [2.75, 3.05) is 0 Å². The number of nitrogens with one attached hydrogen (secondary N) is 1. The van der Waals surface area contributed by atoms with Gasteiger partial charge in [0.25, 0.3) is 0 Å². The fourth-order valence-corrected chi connectivity index (χ4v) is 2.03. The monoisotopic (exact) mass is 304 g/mol. The van der Waals surface area contributed by atoms with Crippen LogP contribution in [-0.2, 0) is 16.0 Å². The summed E-state index contributed by atoms with van der Waals surface area (Å²) in [6, 6.07) is 7.36. The molecule has 0 aliphatic carbocycles. The van der Waals surface area contributed by atoms with Gasteiger partial charge in [-0.3, -0.25) is 4.79 Å². The lowest BCUT2D eigenvalue weighted by atomic mass is 10.0. The van der Waals surface area contributed by atoms with E-state index in [-0.39, 0.29) is 18.8 Å². The van der Waals surface area contributed by atoms with E-state index in [9.17, 15) is 19.8 Å². The van der Waals surface area contributed by atoms with Gasteiger partial charge in [-0.25, -0.2) is 4.79 Å². The van der Waals surface area contributed by atoms with Crippen molar-refractivity contribution in [2.24, 2.45) is 5.92 Å². The van der Waals surface area contributed by atoms with E-state index < -0.39 is 24.0 Å². The highest BCUT2D eigenvalue weighted by Crippen LogP contribution is 2.09. The van der Waals surface area contributed by atoms with Crippen LogP contribution in [0.2, 0.25) is 0 Å². The van der Waals surface area contributed by atoms with Gasteiger partial charge in [0.15, 0.2) is 0 Å². The zero-order valence-corrected chi connectivity index (χ0v) is 12.6. The maximum Gasteiger partial charge on any atom is 0.326 e. The van der Waals surface area contributed by atoms with Gasteiger partial charge in [0.2, 0.25) is 5.91 Å². The number of carbonyl (C=O) groups is 2. The molecule has 0 aliphatic rings. The first-order valence-electron chi connectivity index (χ1n) is 7.03. The lowest BCUT2D eigenvalue weighted by Crippen LogP contribution is -2.46. The Balaban J connectivity index is 2.76. The average molecular weight is 304 g/mol. The predicted octanol–water partition coefficient (Wildman–Crippen LogP) is 1.08. The molecule has 6 nitrogen and oxygen atoms in total. The average Bonchev–Trinajstić information content (AvgIpc) is 2.45. The van der Waals surface area contributed by atoms with Gasteiger partial charge >= 0.3 is 5.97 Å². The minimum absolute atomic E-state index is 0.0466. The summed E-state index contributed by atoms with van der Waals surface area (Å²) in [6.07, 6.45) is -0.917. The van der Waals surface area contributed by atoms with Crippen molar-refractivity contribution in [1.82, 2.24) is 5.32 Å². The number of hydrogen-bond donors (Lipinski definition) is 3. The van der Waals surface area contributed by atoms with Crippen LogP contribution in [0.5, 0.6) is 0 Å². The van der Waals surface area contributed by atoms with Gasteiger partial charge in [-0.15, -0.1) is 0 Å². The van der Waals surface area contributed by atoms with Crippen molar-refractivity contribution in [2.45, 2.75) is 38.8 Å². The molecule has 22 heavy (non-hydrogen) atoms. The normalized spacial score (nSPS) is 13.2. The summed E-state index contributed by atoms with van der Waals surface area (Å²) >= 11 is 0. The van der Waals surface area contributed by atoms with Crippen LogP contribution in [0.4, 0.5) is 0 Å². The molecule has 0 spiro atoms. The van der Waals surface area contributed by atoms with E-state index in [0.29, 0.717) is 11.1 Å². The minimum Gasteiger partial charge on any atom is -0.480 e. The van der Waals surface area contributed by atoms with E-state index in [0.717, 1.165) is 0 Å². The number of hydrogen-bond acceptors (Lipinski definition) is 4. The molecule has 1 aromatic rings. The van der Waals surface area contributed by atoms with Crippen LogP contribution < -0.4 is 5.32 Å². The van der Waals surface area contributed by atoms with Crippen molar-refractivity contribution in [3.63, 3.8) is 0 Å². The summed E-state index contributed by atoms with van der Waals surface area (Å²) in [4.78, 5) is 23.1. The molecule has 2 atom stereocenters. The molecule has 0 heterocycles. The Bertz CT molecular complexity index is 578. The van der Waals surface area contributed by atoms with Crippen molar-refractivity contribution < 1.29 is 19.8 Å². The summed E-state index contributed by atoms with van der Waals surface area (Å²) in [5.41, 5.74) is 1.05. The Labute approximate surface area is 129 Å². The number of aliphatic hydroxyl groups is 1. The lowest BCUT2D eigenvalue weighted by Gasteiger charge is -2.18. The SMILES string of the molecule is CC(C)C[C@H](O)C(=O)N[C@H](Cc1cccc(C#N)c1)C(=O)O. The minimum atomic E-state index is -1.23. The molecule has 0 radical (unpaired) electrons. The summed E-state index contributed by atoms with van der Waals surface area (Å²) in [5.74, 6) is -1.76. The van der Waals surface area contributed by atoms with Crippen LogP contribution in [0, 0.1) is 17.2 Å². The molecule has 0 unspecified atom stereocenters. The van der Waals surface area contributed by atoms with E-state index in [4.69, 9.17) is 5.26 Å². The Morgan fingerprint density at radius 3 is 2.59 bits per heavy atom. The lowest BCUT2D eigenvalue weighted by molar-refractivity contribution is -0.143. The first-order valence-corrected chi connectivity index (χ1v) is 7.03. The Morgan fingerprint density at radius 2 is 2.05 bits per heavy atom. The van der Waals surface area contributed by atoms with Gasteiger partial charge in [0, 0.05) is 6.42 Å². The first kappa shape index (κ1) is 17.7. The standard InChI is InChI=1S/C16H20N2O4/c1-10(2)6-14(19)15(20)18-13(16(21)22)8-11-4-3-5-12(7-11)9-17/h3-5,7,10,13-14,19H,6,8H2,1-2H3,(H,18,20)(H,21,22)/t13-,14+/m1/s1.